The van der Waals surface area contributed by atoms with Gasteiger partial charge < -0.3 is 29.9 Å². The zero-order chi connectivity index (χ0) is 30.0. The van der Waals surface area contributed by atoms with Gasteiger partial charge in [-0.15, -0.1) is 0 Å². The molecule has 4 rings (SSSR count). The summed E-state index contributed by atoms with van der Waals surface area (Å²) in [6.07, 6.45) is -4.36. The fraction of sp³-hybridized carbons (Fsp3) is 0.688. The van der Waals surface area contributed by atoms with Gasteiger partial charge in [-0.05, 0) is 43.4 Å². The van der Waals surface area contributed by atoms with Gasteiger partial charge in [0, 0.05) is 36.0 Å². The van der Waals surface area contributed by atoms with E-state index in [4.69, 9.17) is 9.47 Å². The number of benzene rings is 1. The SMILES string of the molecule is CC[C@@]1(OC(C)=O)C2[C@H](OC(=O)c3ccccc3)[C@]3(O)C[C@H](O)C(C)=C([C@@H](C)[C@@H](O)[C@]2(C)[C@@H](C)C[C@H]1O)C3(C)C. The quantitative estimate of drug-likeness (QED) is 0.324. The van der Waals surface area contributed by atoms with E-state index in [9.17, 15) is 30.0 Å². The summed E-state index contributed by atoms with van der Waals surface area (Å²) < 4.78 is 12.4. The first-order valence-electron chi connectivity index (χ1n) is 14.4. The maximum absolute atomic E-state index is 13.7. The number of fused-ring (bicyclic) bond motifs is 3. The Hall–Kier alpha value is -2.26. The highest BCUT2D eigenvalue weighted by atomic mass is 16.6. The van der Waals surface area contributed by atoms with Crippen molar-refractivity contribution < 1.29 is 39.5 Å². The predicted molar refractivity (Wildman–Crippen MR) is 149 cm³/mol. The van der Waals surface area contributed by atoms with Crippen LogP contribution in [0, 0.1) is 28.6 Å². The standard InChI is InChI=1S/C32H46O8/c1-9-31(40-20(5)33)23(35)15-17(2)30(8)25(31)27(39-28(37)21-13-11-10-12-14-21)32(38)16-22(34)18(3)24(29(32,6)7)19(4)26(30)36/h10-14,17,19,22-23,25-27,34-36,38H,9,15-16H2,1-8H3/t17-,19+,22-,23+,25?,26+,27-,30+,31-,32+/m0/s1. The number of aliphatic hydroxyl groups excluding tert-OH is 3. The van der Waals surface area contributed by atoms with Crippen molar-refractivity contribution in [3.63, 3.8) is 0 Å². The molecule has 8 nitrogen and oxygen atoms in total. The third-order valence-corrected chi connectivity index (χ3v) is 11.1. The van der Waals surface area contributed by atoms with E-state index in [2.05, 4.69) is 0 Å². The maximum atomic E-state index is 13.7. The van der Waals surface area contributed by atoms with Crippen LogP contribution in [0.3, 0.4) is 0 Å². The van der Waals surface area contributed by atoms with Crippen LogP contribution in [0.1, 0.15) is 85.0 Å². The number of aliphatic hydroxyl groups is 4. The molecule has 0 amide bonds. The van der Waals surface area contributed by atoms with Crippen LogP contribution < -0.4 is 0 Å². The summed E-state index contributed by atoms with van der Waals surface area (Å²) in [4.78, 5) is 26.4. The van der Waals surface area contributed by atoms with E-state index in [0.29, 0.717) is 5.57 Å². The molecule has 0 radical (unpaired) electrons. The van der Waals surface area contributed by atoms with Gasteiger partial charge in [-0.1, -0.05) is 65.3 Å². The van der Waals surface area contributed by atoms with Crippen molar-refractivity contribution in [2.75, 3.05) is 0 Å². The first-order chi connectivity index (χ1) is 18.5. The molecule has 1 aromatic carbocycles. The minimum atomic E-state index is -1.84. The maximum Gasteiger partial charge on any atom is 0.338 e. The van der Waals surface area contributed by atoms with Crippen molar-refractivity contribution in [1.82, 2.24) is 0 Å². The molecule has 40 heavy (non-hydrogen) atoms. The average molecular weight is 559 g/mol. The molecule has 10 atom stereocenters. The highest BCUT2D eigenvalue weighted by Gasteiger charge is 2.73. The van der Waals surface area contributed by atoms with E-state index in [1.54, 1.807) is 37.3 Å². The highest BCUT2D eigenvalue weighted by Crippen LogP contribution is 2.65. The average Bonchev–Trinajstić information content (AvgIpc) is 2.89. The molecule has 1 aromatic rings. The van der Waals surface area contributed by atoms with Gasteiger partial charge in [-0.3, -0.25) is 4.79 Å². The van der Waals surface area contributed by atoms with Gasteiger partial charge in [-0.2, -0.15) is 0 Å². The fourth-order valence-corrected chi connectivity index (χ4v) is 8.72. The zero-order valence-corrected chi connectivity index (χ0v) is 25.0. The summed E-state index contributed by atoms with van der Waals surface area (Å²) in [5.74, 6) is -3.15. The van der Waals surface area contributed by atoms with Crippen molar-refractivity contribution >= 4 is 11.9 Å². The molecule has 0 aliphatic heterocycles. The number of hydrogen-bond donors (Lipinski definition) is 4. The van der Waals surface area contributed by atoms with Crippen LogP contribution >= 0.6 is 0 Å². The Balaban J connectivity index is 2.10. The number of rotatable bonds is 4. The molecular formula is C32H46O8. The van der Waals surface area contributed by atoms with Crippen LogP contribution in [0.15, 0.2) is 41.5 Å². The van der Waals surface area contributed by atoms with Crippen molar-refractivity contribution in [2.45, 2.75) is 110 Å². The summed E-state index contributed by atoms with van der Waals surface area (Å²) in [5, 5.41) is 48.2. The second kappa shape index (κ2) is 10.2. The molecule has 3 aliphatic carbocycles. The van der Waals surface area contributed by atoms with E-state index < -0.39 is 70.2 Å². The van der Waals surface area contributed by atoms with E-state index in [1.165, 1.54) is 6.92 Å². The first kappa shape index (κ1) is 30.7. The molecule has 8 heteroatoms. The molecule has 0 spiro atoms. The van der Waals surface area contributed by atoms with Crippen molar-refractivity contribution in [3.05, 3.63) is 47.0 Å². The lowest BCUT2D eigenvalue weighted by Crippen LogP contribution is -2.76. The molecule has 222 valence electrons. The Bertz CT molecular complexity index is 1180. The Labute approximate surface area is 237 Å². The van der Waals surface area contributed by atoms with Gasteiger partial charge >= 0.3 is 11.9 Å². The smallest absolute Gasteiger partial charge is 0.338 e. The first-order valence-corrected chi connectivity index (χ1v) is 14.4. The van der Waals surface area contributed by atoms with Crippen molar-refractivity contribution in [1.29, 1.82) is 0 Å². The number of carbonyl (C=O) groups is 2. The Morgan fingerprint density at radius 2 is 1.65 bits per heavy atom. The van der Waals surface area contributed by atoms with E-state index in [1.807, 2.05) is 41.5 Å². The lowest BCUT2D eigenvalue weighted by atomic mass is 9.42. The number of esters is 2. The summed E-state index contributed by atoms with van der Waals surface area (Å²) in [7, 11) is 0. The van der Waals surface area contributed by atoms with Crippen molar-refractivity contribution in [2.24, 2.45) is 28.6 Å². The fourth-order valence-electron chi connectivity index (χ4n) is 8.72. The van der Waals surface area contributed by atoms with E-state index in [0.717, 1.165) is 5.57 Å². The Morgan fingerprint density at radius 1 is 1.05 bits per heavy atom. The Kier molecular flexibility index (Phi) is 7.85. The van der Waals surface area contributed by atoms with Gasteiger partial charge in [0.2, 0.25) is 0 Å². The molecule has 0 saturated heterocycles. The van der Waals surface area contributed by atoms with Crippen LogP contribution in [0.2, 0.25) is 0 Å². The third-order valence-electron chi connectivity index (χ3n) is 11.1. The summed E-state index contributed by atoms with van der Waals surface area (Å²) in [5.41, 5.74) is -3.91. The molecule has 2 saturated carbocycles. The minimum Gasteiger partial charge on any atom is -0.456 e. The van der Waals surface area contributed by atoms with Crippen LogP contribution in [0.5, 0.6) is 0 Å². The number of hydrogen-bond acceptors (Lipinski definition) is 8. The minimum absolute atomic E-state index is 0.137. The van der Waals surface area contributed by atoms with Crippen LogP contribution in [-0.2, 0) is 14.3 Å². The van der Waals surface area contributed by atoms with Gasteiger partial charge in [0.15, 0.2) is 0 Å². The molecule has 2 fully saturated rings. The highest BCUT2D eigenvalue weighted by molar-refractivity contribution is 5.89. The van der Waals surface area contributed by atoms with E-state index >= 15 is 0 Å². The Morgan fingerprint density at radius 3 is 2.20 bits per heavy atom. The van der Waals surface area contributed by atoms with Gasteiger partial charge in [-0.25, -0.2) is 4.79 Å². The second-order valence-electron chi connectivity index (χ2n) is 13.2. The number of ether oxygens (including phenoxy) is 2. The monoisotopic (exact) mass is 558 g/mol. The van der Waals surface area contributed by atoms with E-state index in [-0.39, 0.29) is 30.7 Å². The molecule has 4 N–H and O–H groups in total. The van der Waals surface area contributed by atoms with Gasteiger partial charge in [0.05, 0.1) is 23.9 Å². The zero-order valence-electron chi connectivity index (χ0n) is 25.0. The van der Waals surface area contributed by atoms with Gasteiger partial charge in [0.1, 0.15) is 17.3 Å². The molecule has 3 aliphatic rings. The number of carbonyl (C=O) groups excluding carboxylic acids is 2. The van der Waals surface area contributed by atoms with Gasteiger partial charge in [0.25, 0.3) is 0 Å². The molecule has 2 bridgehead atoms. The summed E-state index contributed by atoms with van der Waals surface area (Å²) >= 11 is 0. The topological polar surface area (TPSA) is 134 Å². The van der Waals surface area contributed by atoms with Crippen LogP contribution in [0.4, 0.5) is 0 Å². The molecule has 0 aromatic heterocycles. The molecule has 1 unspecified atom stereocenters. The second-order valence-corrected chi connectivity index (χ2v) is 13.2. The molecule has 0 heterocycles. The lowest BCUT2D eigenvalue weighted by molar-refractivity contribution is -0.298. The third kappa shape index (κ3) is 4.17. The van der Waals surface area contributed by atoms with Crippen LogP contribution in [0.25, 0.3) is 0 Å². The van der Waals surface area contributed by atoms with Crippen LogP contribution in [-0.4, -0.2) is 68.0 Å². The lowest BCUT2D eigenvalue weighted by Gasteiger charge is -2.67. The largest absolute Gasteiger partial charge is 0.456 e. The predicted octanol–water partition coefficient (Wildman–Crippen LogP) is 3.80. The molecular weight excluding hydrogens is 512 g/mol. The summed E-state index contributed by atoms with van der Waals surface area (Å²) in [6, 6.07) is 8.41. The van der Waals surface area contributed by atoms with Crippen molar-refractivity contribution in [3.8, 4) is 0 Å². The summed E-state index contributed by atoms with van der Waals surface area (Å²) in [6.45, 7) is 14.3. The normalized spacial score (nSPS) is 42.8.